The zero-order valence-electron chi connectivity index (χ0n) is 6.66. The molecular weight excluding hydrogens is 158 g/mol. The van der Waals surface area contributed by atoms with Crippen molar-refractivity contribution in [3.05, 3.63) is 0 Å². The molecule has 2 N–H and O–H groups in total. The molecular formula is C6H11N5O. The van der Waals surface area contributed by atoms with E-state index in [0.29, 0.717) is 6.01 Å². The third-order valence-electron chi connectivity index (χ3n) is 1.88. The third-order valence-corrected chi connectivity index (χ3v) is 1.88. The number of nitrogens with one attached hydrogen (secondary N) is 2. The maximum atomic E-state index is 5.44. The molecule has 0 aliphatic carbocycles. The van der Waals surface area contributed by atoms with Crippen LogP contribution < -0.4 is 10.1 Å². The molecule has 0 amide bonds. The molecule has 0 atom stereocenters. The van der Waals surface area contributed by atoms with E-state index in [1.165, 1.54) is 0 Å². The Hall–Kier alpha value is -1.17. The lowest BCUT2D eigenvalue weighted by Crippen LogP contribution is -2.34. The fourth-order valence-corrected chi connectivity index (χ4v) is 1.26. The largest absolute Gasteiger partial charge is 0.458 e. The topological polar surface area (TPSA) is 75.7 Å². The molecule has 6 heteroatoms. The minimum Gasteiger partial charge on any atom is -0.458 e. The van der Waals surface area contributed by atoms with Crippen molar-refractivity contribution in [1.29, 1.82) is 0 Å². The van der Waals surface area contributed by atoms with Gasteiger partial charge in [0.2, 0.25) is 0 Å². The molecule has 1 fully saturated rings. The van der Waals surface area contributed by atoms with Gasteiger partial charge in [-0.15, -0.1) is 0 Å². The number of nitrogens with zero attached hydrogens (tertiary/aromatic N) is 3. The summed E-state index contributed by atoms with van der Waals surface area (Å²) in [7, 11) is 0. The van der Waals surface area contributed by atoms with Crippen LogP contribution in [0.1, 0.15) is 12.8 Å². The number of rotatable bonds is 2. The van der Waals surface area contributed by atoms with Crippen LogP contribution in [0.25, 0.3) is 0 Å². The van der Waals surface area contributed by atoms with E-state index in [0.717, 1.165) is 25.9 Å². The van der Waals surface area contributed by atoms with Crippen LogP contribution in [0.5, 0.6) is 6.01 Å². The Bertz CT molecular complexity index is 218. The van der Waals surface area contributed by atoms with Gasteiger partial charge >= 0.3 is 6.01 Å². The normalized spacial score (nSPS) is 19.3. The molecule has 12 heavy (non-hydrogen) atoms. The van der Waals surface area contributed by atoms with Crippen LogP contribution in [0.2, 0.25) is 0 Å². The van der Waals surface area contributed by atoms with Gasteiger partial charge in [0.1, 0.15) is 6.10 Å². The SMILES string of the molecule is C1CC(Oc2nn[nH]n2)CCN1. The second kappa shape index (κ2) is 3.48. The summed E-state index contributed by atoms with van der Waals surface area (Å²) in [6.07, 6.45) is 2.26. The molecule has 2 rings (SSSR count). The van der Waals surface area contributed by atoms with Crippen LogP contribution in [0.4, 0.5) is 0 Å². The van der Waals surface area contributed by atoms with Gasteiger partial charge in [0.25, 0.3) is 0 Å². The van der Waals surface area contributed by atoms with Gasteiger partial charge in [-0.2, -0.15) is 5.21 Å². The highest BCUT2D eigenvalue weighted by Crippen LogP contribution is 2.09. The highest BCUT2D eigenvalue weighted by molar-refractivity contribution is 4.85. The standard InChI is InChI=1S/C6H11N5O/c1-3-7-4-2-5(1)12-6-8-10-11-9-6/h5,7H,1-4H2,(H,8,9,10,11). The van der Waals surface area contributed by atoms with Crippen LogP contribution in [0, 0.1) is 0 Å². The fourth-order valence-electron chi connectivity index (χ4n) is 1.26. The monoisotopic (exact) mass is 169 g/mol. The second-order valence-corrected chi connectivity index (χ2v) is 2.76. The van der Waals surface area contributed by atoms with Crippen molar-refractivity contribution in [1.82, 2.24) is 25.9 Å². The summed E-state index contributed by atoms with van der Waals surface area (Å²) in [4.78, 5) is 0. The zero-order valence-corrected chi connectivity index (χ0v) is 6.66. The van der Waals surface area contributed by atoms with E-state index in [1.807, 2.05) is 0 Å². The molecule has 1 aromatic heterocycles. The number of aromatic amines is 1. The summed E-state index contributed by atoms with van der Waals surface area (Å²) in [6.45, 7) is 2.00. The van der Waals surface area contributed by atoms with E-state index in [2.05, 4.69) is 25.9 Å². The Labute approximate surface area is 69.7 Å². The Morgan fingerprint density at radius 2 is 2.17 bits per heavy atom. The lowest BCUT2D eigenvalue weighted by atomic mass is 10.1. The third kappa shape index (κ3) is 1.70. The van der Waals surface area contributed by atoms with Crippen molar-refractivity contribution in [2.75, 3.05) is 13.1 Å². The van der Waals surface area contributed by atoms with Crippen molar-refractivity contribution < 1.29 is 4.74 Å². The first kappa shape index (κ1) is 7.48. The molecule has 66 valence electrons. The molecule has 0 radical (unpaired) electrons. The van der Waals surface area contributed by atoms with Gasteiger partial charge in [-0.05, 0) is 31.1 Å². The van der Waals surface area contributed by atoms with Gasteiger partial charge < -0.3 is 10.1 Å². The van der Waals surface area contributed by atoms with Gasteiger partial charge in [0, 0.05) is 0 Å². The van der Waals surface area contributed by atoms with Gasteiger partial charge in [-0.1, -0.05) is 10.2 Å². The van der Waals surface area contributed by atoms with Crippen molar-refractivity contribution in [2.24, 2.45) is 0 Å². The summed E-state index contributed by atoms with van der Waals surface area (Å²) >= 11 is 0. The number of tetrazole rings is 1. The Morgan fingerprint density at radius 3 is 2.83 bits per heavy atom. The first-order valence-electron chi connectivity index (χ1n) is 4.06. The first-order chi connectivity index (χ1) is 5.95. The zero-order chi connectivity index (χ0) is 8.23. The predicted molar refractivity (Wildman–Crippen MR) is 40.7 cm³/mol. The number of H-pyrrole nitrogens is 1. The minimum atomic E-state index is 0.240. The molecule has 0 spiro atoms. The number of piperidine rings is 1. The summed E-state index contributed by atoms with van der Waals surface area (Å²) in [5, 5.41) is 16.5. The number of hydrogen-bond acceptors (Lipinski definition) is 5. The smallest absolute Gasteiger partial charge is 0.356 e. The van der Waals surface area contributed by atoms with Gasteiger partial charge in [-0.25, -0.2) is 0 Å². The quantitative estimate of drug-likeness (QED) is 0.614. The summed E-state index contributed by atoms with van der Waals surface area (Å²) in [6, 6.07) is 0.349. The summed E-state index contributed by atoms with van der Waals surface area (Å²) in [5.74, 6) is 0. The summed E-state index contributed by atoms with van der Waals surface area (Å²) < 4.78 is 5.44. The van der Waals surface area contributed by atoms with Crippen LogP contribution >= 0.6 is 0 Å². The van der Waals surface area contributed by atoms with Gasteiger partial charge in [0.15, 0.2) is 0 Å². The van der Waals surface area contributed by atoms with Crippen LogP contribution in [-0.4, -0.2) is 39.8 Å². The Kier molecular flexibility index (Phi) is 2.17. The Balaban J connectivity index is 1.86. The molecule has 0 saturated carbocycles. The minimum absolute atomic E-state index is 0.240. The van der Waals surface area contributed by atoms with E-state index in [9.17, 15) is 0 Å². The summed E-state index contributed by atoms with van der Waals surface area (Å²) in [5.41, 5.74) is 0. The van der Waals surface area contributed by atoms with E-state index in [-0.39, 0.29) is 6.10 Å². The molecule has 6 nitrogen and oxygen atoms in total. The maximum Gasteiger partial charge on any atom is 0.356 e. The van der Waals surface area contributed by atoms with Crippen molar-refractivity contribution >= 4 is 0 Å². The highest BCUT2D eigenvalue weighted by Gasteiger charge is 2.15. The molecule has 1 saturated heterocycles. The van der Waals surface area contributed by atoms with Crippen molar-refractivity contribution in [3.8, 4) is 6.01 Å². The number of ether oxygens (including phenoxy) is 1. The highest BCUT2D eigenvalue weighted by atomic mass is 16.5. The lowest BCUT2D eigenvalue weighted by molar-refractivity contribution is 0.149. The van der Waals surface area contributed by atoms with E-state index in [1.54, 1.807) is 0 Å². The maximum absolute atomic E-state index is 5.44. The predicted octanol–water partition coefficient (Wildman–Crippen LogP) is -0.670. The van der Waals surface area contributed by atoms with Crippen LogP contribution in [0.15, 0.2) is 0 Å². The van der Waals surface area contributed by atoms with Gasteiger partial charge in [-0.3, -0.25) is 0 Å². The van der Waals surface area contributed by atoms with Gasteiger partial charge in [0.05, 0.1) is 0 Å². The van der Waals surface area contributed by atoms with Crippen molar-refractivity contribution in [3.63, 3.8) is 0 Å². The second-order valence-electron chi connectivity index (χ2n) is 2.76. The van der Waals surface area contributed by atoms with E-state index in [4.69, 9.17) is 4.74 Å². The molecule has 1 aliphatic rings. The fraction of sp³-hybridized carbons (Fsp3) is 0.833. The van der Waals surface area contributed by atoms with E-state index >= 15 is 0 Å². The number of hydrogen-bond donors (Lipinski definition) is 2. The molecule has 0 aromatic carbocycles. The molecule has 2 heterocycles. The molecule has 1 aromatic rings. The number of aromatic nitrogens is 4. The Morgan fingerprint density at radius 1 is 1.33 bits per heavy atom. The molecule has 1 aliphatic heterocycles. The van der Waals surface area contributed by atoms with Crippen molar-refractivity contribution in [2.45, 2.75) is 18.9 Å². The average molecular weight is 169 g/mol. The van der Waals surface area contributed by atoms with Crippen LogP contribution in [-0.2, 0) is 0 Å². The average Bonchev–Trinajstić information content (AvgIpc) is 2.59. The first-order valence-corrected chi connectivity index (χ1v) is 4.06. The lowest BCUT2D eigenvalue weighted by Gasteiger charge is -2.21. The molecule has 0 unspecified atom stereocenters. The van der Waals surface area contributed by atoms with E-state index < -0.39 is 0 Å². The van der Waals surface area contributed by atoms with Crippen LogP contribution in [0.3, 0.4) is 0 Å². The molecule has 0 bridgehead atoms.